The van der Waals surface area contributed by atoms with Crippen LogP contribution < -0.4 is 4.74 Å². The molecule has 1 N–H and O–H groups in total. The second kappa shape index (κ2) is 8.01. The molecule has 0 radical (unpaired) electrons. The Labute approximate surface area is 160 Å². The van der Waals surface area contributed by atoms with Crippen LogP contribution in [0.15, 0.2) is 47.1 Å². The number of nitrogens with zero attached hydrogens (tertiary/aromatic N) is 2. The maximum absolute atomic E-state index is 13.0. The molecule has 3 aromatic rings. The summed E-state index contributed by atoms with van der Waals surface area (Å²) in [6, 6.07) is 11.4. The maximum Gasteiger partial charge on any atom is 0.182 e. The fraction of sp³-hybridized carbons (Fsp3) is 0.300. The second-order valence-corrected chi connectivity index (χ2v) is 7.03. The minimum Gasteiger partial charge on any atom is -0.490 e. The predicted octanol–water partition coefficient (Wildman–Crippen LogP) is 4.15. The Hall–Kier alpha value is -2.18. The average Bonchev–Trinajstić information content (AvgIpc) is 2.96. The van der Waals surface area contributed by atoms with Crippen LogP contribution >= 0.6 is 15.9 Å². The molecule has 1 aromatic carbocycles. The van der Waals surface area contributed by atoms with E-state index in [0.717, 1.165) is 10.0 Å². The summed E-state index contributed by atoms with van der Waals surface area (Å²) in [5, 5.41) is 9.76. The number of carbonyl (C=O) groups is 1. The Kier molecular flexibility index (Phi) is 5.74. The number of imidazole rings is 1. The summed E-state index contributed by atoms with van der Waals surface area (Å²) in [7, 11) is 0. The smallest absolute Gasteiger partial charge is 0.182 e. The number of hydrogen-bond donors (Lipinski definition) is 1. The number of aliphatic hydroxyl groups is 1. The average molecular weight is 417 g/mol. The third kappa shape index (κ3) is 3.66. The summed E-state index contributed by atoms with van der Waals surface area (Å²) < 4.78 is 8.23. The highest BCUT2D eigenvalue weighted by atomic mass is 79.9. The van der Waals surface area contributed by atoms with Crippen molar-refractivity contribution in [3.8, 4) is 5.75 Å². The number of ether oxygens (including phenoxy) is 1. The van der Waals surface area contributed by atoms with Gasteiger partial charge in [0.1, 0.15) is 5.69 Å². The number of hydrogen-bond acceptors (Lipinski definition) is 4. The molecule has 2 aromatic heterocycles. The number of carbonyl (C=O) groups excluding carboxylic acids is 1. The molecular weight excluding hydrogens is 396 g/mol. The third-order valence-corrected chi connectivity index (χ3v) is 4.75. The largest absolute Gasteiger partial charge is 0.490 e. The van der Waals surface area contributed by atoms with E-state index in [9.17, 15) is 9.90 Å². The van der Waals surface area contributed by atoms with Crippen LogP contribution in [0.3, 0.4) is 0 Å². The molecule has 0 saturated carbocycles. The monoisotopic (exact) mass is 416 g/mol. The number of fused-ring (bicyclic) bond motifs is 1. The molecule has 0 aliphatic carbocycles. The van der Waals surface area contributed by atoms with E-state index in [4.69, 9.17) is 4.74 Å². The molecule has 6 heteroatoms. The Balaban J connectivity index is 1.99. The molecule has 0 aliphatic heterocycles. The molecular formula is C20H21BrN2O3. The zero-order valence-electron chi connectivity index (χ0n) is 14.8. The van der Waals surface area contributed by atoms with Gasteiger partial charge in [0, 0.05) is 23.0 Å². The van der Waals surface area contributed by atoms with Gasteiger partial charge in [-0.05, 0) is 41.4 Å². The minimum absolute atomic E-state index is 0.0570. The molecule has 0 amide bonds. The molecule has 2 heterocycles. The summed E-state index contributed by atoms with van der Waals surface area (Å²) in [6.45, 7) is 4.16. The standard InChI is InChI=1S/C20H21BrN2O3/c1-3-26-18-10-16(21)11-23-19(13(2)22-20(18)23)17(25)9-15(12-24)14-7-5-4-6-8-14/h4-8,10-11,15,24H,3,9,12H2,1-2H3/t15-/m0/s1. The molecule has 0 aliphatic rings. The van der Waals surface area contributed by atoms with Gasteiger partial charge in [0.15, 0.2) is 17.2 Å². The van der Waals surface area contributed by atoms with Crippen LogP contribution in [-0.2, 0) is 0 Å². The van der Waals surface area contributed by atoms with Gasteiger partial charge in [0.2, 0.25) is 0 Å². The zero-order chi connectivity index (χ0) is 18.7. The summed E-state index contributed by atoms with van der Waals surface area (Å²) in [6.07, 6.45) is 2.03. The van der Waals surface area contributed by atoms with Gasteiger partial charge >= 0.3 is 0 Å². The van der Waals surface area contributed by atoms with Crippen LogP contribution in [0.1, 0.15) is 41.0 Å². The number of halogens is 1. The van der Waals surface area contributed by atoms with Gasteiger partial charge < -0.3 is 9.84 Å². The highest BCUT2D eigenvalue weighted by Gasteiger charge is 2.23. The van der Waals surface area contributed by atoms with Crippen molar-refractivity contribution in [2.24, 2.45) is 0 Å². The fourth-order valence-electron chi connectivity index (χ4n) is 3.13. The molecule has 1 atom stereocenters. The number of aliphatic hydroxyl groups excluding tert-OH is 1. The molecule has 0 bridgehead atoms. The number of aryl methyl sites for hydroxylation is 1. The number of pyridine rings is 1. The van der Waals surface area contributed by atoms with Crippen LogP contribution in [0.2, 0.25) is 0 Å². The van der Waals surface area contributed by atoms with Crippen molar-refractivity contribution in [1.29, 1.82) is 0 Å². The molecule has 0 spiro atoms. The molecule has 0 unspecified atom stereocenters. The number of aromatic nitrogens is 2. The lowest BCUT2D eigenvalue weighted by molar-refractivity contribution is 0.0953. The first-order chi connectivity index (χ1) is 12.5. The molecule has 3 rings (SSSR count). The Morgan fingerprint density at radius 3 is 2.73 bits per heavy atom. The van der Waals surface area contributed by atoms with Crippen molar-refractivity contribution < 1.29 is 14.6 Å². The number of rotatable bonds is 7. The first-order valence-electron chi connectivity index (χ1n) is 8.55. The maximum atomic E-state index is 13.0. The first-order valence-corrected chi connectivity index (χ1v) is 9.34. The van der Waals surface area contributed by atoms with Crippen LogP contribution in [0.4, 0.5) is 0 Å². The van der Waals surface area contributed by atoms with Crippen molar-refractivity contribution in [3.63, 3.8) is 0 Å². The third-order valence-electron chi connectivity index (χ3n) is 4.31. The van der Waals surface area contributed by atoms with Gasteiger partial charge in [0.05, 0.1) is 18.9 Å². The Bertz CT molecular complexity index is 922. The van der Waals surface area contributed by atoms with Gasteiger partial charge in [-0.25, -0.2) is 4.98 Å². The van der Waals surface area contributed by atoms with E-state index in [0.29, 0.717) is 29.4 Å². The van der Waals surface area contributed by atoms with Gasteiger partial charge in [-0.2, -0.15) is 0 Å². The lowest BCUT2D eigenvalue weighted by Crippen LogP contribution is -2.13. The van der Waals surface area contributed by atoms with Crippen LogP contribution in [0.5, 0.6) is 5.75 Å². The summed E-state index contributed by atoms with van der Waals surface area (Å²) >= 11 is 3.47. The highest BCUT2D eigenvalue weighted by molar-refractivity contribution is 9.10. The van der Waals surface area contributed by atoms with Gasteiger partial charge in [0.25, 0.3) is 0 Å². The van der Waals surface area contributed by atoms with E-state index >= 15 is 0 Å². The lowest BCUT2D eigenvalue weighted by atomic mass is 9.93. The minimum atomic E-state index is -0.243. The number of benzene rings is 1. The topological polar surface area (TPSA) is 63.8 Å². The predicted molar refractivity (Wildman–Crippen MR) is 104 cm³/mol. The molecule has 26 heavy (non-hydrogen) atoms. The molecule has 5 nitrogen and oxygen atoms in total. The second-order valence-electron chi connectivity index (χ2n) is 6.11. The van der Waals surface area contributed by atoms with E-state index in [1.54, 1.807) is 4.40 Å². The van der Waals surface area contributed by atoms with Crippen molar-refractivity contribution in [3.05, 3.63) is 64.0 Å². The van der Waals surface area contributed by atoms with E-state index in [1.807, 2.05) is 56.4 Å². The molecule has 0 fully saturated rings. The normalized spacial score (nSPS) is 12.3. The van der Waals surface area contributed by atoms with Crippen molar-refractivity contribution in [2.45, 2.75) is 26.2 Å². The summed E-state index contributed by atoms with van der Waals surface area (Å²) in [4.78, 5) is 17.6. The van der Waals surface area contributed by atoms with E-state index < -0.39 is 0 Å². The molecule has 136 valence electrons. The SMILES string of the molecule is CCOc1cc(Br)cn2c(C(=O)C[C@@H](CO)c3ccccc3)c(C)nc12. The zero-order valence-corrected chi connectivity index (χ0v) is 16.4. The van der Waals surface area contributed by atoms with Crippen LogP contribution in [0.25, 0.3) is 5.65 Å². The van der Waals surface area contributed by atoms with E-state index in [1.165, 1.54) is 0 Å². The number of ketones is 1. The van der Waals surface area contributed by atoms with Crippen LogP contribution in [0, 0.1) is 6.92 Å². The Morgan fingerprint density at radius 2 is 2.08 bits per heavy atom. The highest BCUT2D eigenvalue weighted by Crippen LogP contribution is 2.29. The van der Waals surface area contributed by atoms with Crippen LogP contribution in [-0.4, -0.2) is 33.5 Å². The van der Waals surface area contributed by atoms with Crippen molar-refractivity contribution in [2.75, 3.05) is 13.2 Å². The summed E-state index contributed by atoms with van der Waals surface area (Å²) in [5.74, 6) is 0.330. The number of Topliss-reactive ketones (excluding diaryl/α,β-unsaturated/α-hetero) is 1. The quantitative estimate of drug-likeness (QED) is 0.587. The fourth-order valence-corrected chi connectivity index (χ4v) is 3.54. The van der Waals surface area contributed by atoms with Gasteiger partial charge in [-0.1, -0.05) is 30.3 Å². The van der Waals surface area contributed by atoms with E-state index in [2.05, 4.69) is 20.9 Å². The lowest BCUT2D eigenvalue weighted by Gasteiger charge is -2.14. The van der Waals surface area contributed by atoms with Crippen molar-refractivity contribution in [1.82, 2.24) is 9.38 Å². The van der Waals surface area contributed by atoms with Gasteiger partial charge in [-0.3, -0.25) is 9.20 Å². The van der Waals surface area contributed by atoms with Gasteiger partial charge in [-0.15, -0.1) is 0 Å². The Morgan fingerprint density at radius 1 is 1.35 bits per heavy atom. The first kappa shape index (κ1) is 18.6. The van der Waals surface area contributed by atoms with E-state index in [-0.39, 0.29) is 24.7 Å². The van der Waals surface area contributed by atoms with Crippen molar-refractivity contribution >= 4 is 27.4 Å². The molecule has 0 saturated heterocycles. The summed E-state index contributed by atoms with van der Waals surface area (Å²) in [5.41, 5.74) is 2.75.